The predicted molar refractivity (Wildman–Crippen MR) is 144 cm³/mol. The van der Waals surface area contributed by atoms with Gasteiger partial charge in [0, 0.05) is 13.6 Å². The molecule has 0 saturated carbocycles. The molecule has 0 radical (unpaired) electrons. The fraction of sp³-hybridized carbons (Fsp3) is 0.481. The molecule has 10 heteroatoms. The highest BCUT2D eigenvalue weighted by molar-refractivity contribution is 7.85. The molecule has 1 aliphatic rings. The summed E-state index contributed by atoms with van der Waals surface area (Å²) in [5.74, 6) is -1.68. The van der Waals surface area contributed by atoms with Gasteiger partial charge in [0.25, 0.3) is 10.1 Å². The highest BCUT2D eigenvalue weighted by Gasteiger charge is 2.29. The molecule has 1 heterocycles. The van der Waals surface area contributed by atoms with E-state index >= 15 is 0 Å². The first-order valence-electron chi connectivity index (χ1n) is 12.4. The van der Waals surface area contributed by atoms with E-state index in [1.165, 1.54) is 56.4 Å². The van der Waals surface area contributed by atoms with Crippen LogP contribution < -0.4 is 9.80 Å². The minimum Gasteiger partial charge on any atom is -0.465 e. The largest absolute Gasteiger partial charge is 0.465 e. The maximum Gasteiger partial charge on any atom is 0.337 e. The van der Waals surface area contributed by atoms with Gasteiger partial charge in [-0.2, -0.15) is 8.42 Å². The lowest BCUT2D eigenvalue weighted by Crippen LogP contribution is -2.39. The van der Waals surface area contributed by atoms with Crippen LogP contribution in [0.2, 0.25) is 0 Å². The number of nitrogens with zero attached hydrogens (tertiary/aromatic N) is 2. The molecule has 1 N–H and O–H groups in total. The normalized spacial score (nSPS) is 14.5. The van der Waals surface area contributed by atoms with Gasteiger partial charge in [-0.3, -0.25) is 4.55 Å². The predicted octanol–water partition coefficient (Wildman–Crippen LogP) is 5.16. The van der Waals surface area contributed by atoms with Crippen molar-refractivity contribution in [3.63, 3.8) is 0 Å². The summed E-state index contributed by atoms with van der Waals surface area (Å²) in [6, 6.07) is 11.7. The molecule has 0 fully saturated rings. The van der Waals surface area contributed by atoms with Gasteiger partial charge in [0.1, 0.15) is 0 Å². The van der Waals surface area contributed by atoms with Gasteiger partial charge in [0.15, 0.2) is 0 Å². The summed E-state index contributed by atoms with van der Waals surface area (Å²) in [6.07, 6.45) is 8.71. The van der Waals surface area contributed by atoms with Gasteiger partial charge in [-0.05, 0) is 43.7 Å². The van der Waals surface area contributed by atoms with Crippen molar-refractivity contribution < 1.29 is 32.0 Å². The summed E-state index contributed by atoms with van der Waals surface area (Å²) in [4.78, 5) is 27.0. The third-order valence-corrected chi connectivity index (χ3v) is 7.21. The average molecular weight is 535 g/mol. The first-order chi connectivity index (χ1) is 17.5. The van der Waals surface area contributed by atoms with Crippen molar-refractivity contribution in [2.24, 2.45) is 0 Å². The van der Waals surface area contributed by atoms with Crippen molar-refractivity contribution in [2.75, 3.05) is 37.6 Å². The topological polar surface area (TPSA) is 113 Å². The minimum atomic E-state index is -4.55. The quantitative estimate of drug-likeness (QED) is 0.251. The molecule has 9 nitrogen and oxygen atoms in total. The number of methoxy groups -OCH3 is 2. The number of carbonyl (C=O) groups excluding carboxylic acids is 2. The van der Waals surface area contributed by atoms with Gasteiger partial charge in [-0.15, -0.1) is 0 Å². The second-order valence-electron chi connectivity index (χ2n) is 8.90. The third-order valence-electron chi connectivity index (χ3n) is 6.38. The number of carbonyl (C=O) groups is 2. The van der Waals surface area contributed by atoms with Crippen LogP contribution in [-0.2, 0) is 19.6 Å². The van der Waals surface area contributed by atoms with Gasteiger partial charge < -0.3 is 19.3 Å². The summed E-state index contributed by atoms with van der Waals surface area (Å²) in [5.41, 5.74) is 2.41. The lowest BCUT2D eigenvalue weighted by molar-refractivity contribution is 0.0598. The molecule has 0 aliphatic carbocycles. The van der Waals surface area contributed by atoms with Crippen molar-refractivity contribution in [3.05, 3.63) is 53.6 Å². The van der Waals surface area contributed by atoms with Crippen LogP contribution in [-0.4, -0.2) is 58.9 Å². The van der Waals surface area contributed by atoms with E-state index in [9.17, 15) is 18.0 Å². The molecule has 0 spiro atoms. The zero-order chi connectivity index (χ0) is 27.6. The average Bonchev–Trinajstić information content (AvgIpc) is 3.14. The fourth-order valence-corrected chi connectivity index (χ4v) is 4.76. The molecule has 2 aromatic rings. The highest BCUT2D eigenvalue weighted by atomic mass is 32.2. The van der Waals surface area contributed by atoms with E-state index in [4.69, 9.17) is 4.55 Å². The number of para-hydroxylation sites is 2. The van der Waals surface area contributed by atoms with Crippen molar-refractivity contribution in [2.45, 2.75) is 63.4 Å². The number of fused-ring (bicyclic) bond motifs is 1. The number of unbranched alkanes of at least 4 members (excludes halogenated alkanes) is 5. The van der Waals surface area contributed by atoms with Gasteiger partial charge in [0.05, 0.1) is 47.8 Å². The fourth-order valence-electron chi connectivity index (χ4n) is 4.21. The monoisotopic (exact) mass is 534 g/mol. The lowest BCUT2D eigenvalue weighted by atomic mass is 10.1. The molecule has 1 aliphatic heterocycles. The SMILES string of the molecule is CCCCCCCCN1c2ccccc2N(C)C1C.COC(=O)c1cc(C(=O)OC)cc(S(=O)(=O)O)c1. The van der Waals surface area contributed by atoms with Crippen molar-refractivity contribution >= 4 is 33.4 Å². The Bertz CT molecular complexity index is 1130. The van der Waals surface area contributed by atoms with E-state index in [0.717, 1.165) is 32.4 Å². The summed E-state index contributed by atoms with van der Waals surface area (Å²) in [5, 5.41) is 0. The Labute approximate surface area is 220 Å². The Balaban J connectivity index is 0.000000261. The molecule has 204 valence electrons. The third kappa shape index (κ3) is 8.19. The van der Waals surface area contributed by atoms with E-state index in [1.54, 1.807) is 0 Å². The molecule has 0 aromatic heterocycles. The standard InChI is InChI=1S/C17H28N2.C10H10O7S/c1-4-5-6-7-8-11-14-19-15(2)18(3)16-12-9-10-13-17(16)19;1-16-9(11)6-3-7(10(12)17-2)5-8(4-6)18(13,14)15/h9-10,12-13,15H,4-8,11,14H2,1-3H3;3-5H,1-2H3,(H,13,14,15). The molecule has 0 bridgehead atoms. The Morgan fingerprint density at radius 2 is 1.41 bits per heavy atom. The number of anilines is 2. The first-order valence-corrected chi connectivity index (χ1v) is 13.9. The van der Waals surface area contributed by atoms with Gasteiger partial charge in [-0.1, -0.05) is 51.2 Å². The van der Waals surface area contributed by atoms with Gasteiger partial charge in [0.2, 0.25) is 0 Å². The Morgan fingerprint density at radius 3 is 1.92 bits per heavy atom. The minimum absolute atomic E-state index is 0.187. The Morgan fingerprint density at radius 1 is 0.892 bits per heavy atom. The van der Waals surface area contributed by atoms with E-state index < -0.39 is 27.0 Å². The van der Waals surface area contributed by atoms with Crippen LogP contribution in [0.1, 0.15) is 73.1 Å². The second kappa shape index (κ2) is 14.0. The first kappa shape index (κ1) is 30.1. The molecule has 0 saturated heterocycles. The van der Waals surface area contributed by atoms with Crippen LogP contribution in [0, 0.1) is 0 Å². The number of hydrogen-bond acceptors (Lipinski definition) is 8. The molecule has 2 aromatic carbocycles. The number of esters is 2. The van der Waals surface area contributed by atoms with E-state index in [1.807, 2.05) is 0 Å². The maximum atomic E-state index is 11.3. The molecular weight excluding hydrogens is 496 g/mol. The van der Waals surface area contributed by atoms with E-state index in [2.05, 4.69) is 64.4 Å². The van der Waals surface area contributed by atoms with Crippen molar-refractivity contribution in [1.82, 2.24) is 0 Å². The lowest BCUT2D eigenvalue weighted by Gasteiger charge is -2.27. The van der Waals surface area contributed by atoms with Crippen LogP contribution in [0.3, 0.4) is 0 Å². The highest BCUT2D eigenvalue weighted by Crippen LogP contribution is 2.38. The Hall–Kier alpha value is -3.11. The van der Waals surface area contributed by atoms with Crippen molar-refractivity contribution in [3.8, 4) is 0 Å². The molecule has 1 unspecified atom stereocenters. The summed E-state index contributed by atoms with van der Waals surface area (Å²) < 4.78 is 39.7. The van der Waals surface area contributed by atoms with Gasteiger partial charge in [-0.25, -0.2) is 9.59 Å². The maximum absolute atomic E-state index is 11.3. The Kier molecular flexibility index (Phi) is 11.4. The number of hydrogen-bond donors (Lipinski definition) is 1. The van der Waals surface area contributed by atoms with Gasteiger partial charge >= 0.3 is 11.9 Å². The second-order valence-corrected chi connectivity index (χ2v) is 10.3. The molecular formula is C27H38N2O7S. The molecule has 1 atom stereocenters. The summed E-state index contributed by atoms with van der Waals surface area (Å²) in [7, 11) is -0.153. The van der Waals surface area contributed by atoms with Crippen LogP contribution in [0.5, 0.6) is 0 Å². The van der Waals surface area contributed by atoms with E-state index in [-0.39, 0.29) is 11.1 Å². The zero-order valence-corrected chi connectivity index (χ0v) is 23.1. The zero-order valence-electron chi connectivity index (χ0n) is 22.3. The number of rotatable bonds is 10. The van der Waals surface area contributed by atoms with Crippen LogP contribution in [0.4, 0.5) is 11.4 Å². The summed E-state index contributed by atoms with van der Waals surface area (Å²) in [6.45, 7) is 5.77. The van der Waals surface area contributed by atoms with Crippen molar-refractivity contribution in [1.29, 1.82) is 0 Å². The van der Waals surface area contributed by atoms with Crippen LogP contribution >= 0.6 is 0 Å². The molecule has 0 amide bonds. The molecule has 3 rings (SSSR count). The molecule has 37 heavy (non-hydrogen) atoms. The number of ether oxygens (including phenoxy) is 2. The number of benzene rings is 2. The summed E-state index contributed by atoms with van der Waals surface area (Å²) >= 11 is 0. The van der Waals surface area contributed by atoms with E-state index in [0.29, 0.717) is 6.17 Å². The van der Waals surface area contributed by atoms with Crippen LogP contribution in [0.25, 0.3) is 0 Å². The smallest absolute Gasteiger partial charge is 0.337 e. The van der Waals surface area contributed by atoms with Crippen LogP contribution in [0.15, 0.2) is 47.4 Å².